The Morgan fingerprint density at radius 1 is 1.32 bits per heavy atom. The zero-order valence-electron chi connectivity index (χ0n) is 10.9. The molecule has 0 saturated heterocycles. The fraction of sp³-hybridized carbons (Fsp3) is 0.500. The molecule has 1 fully saturated rings. The first-order chi connectivity index (χ1) is 9.08. The molecule has 19 heavy (non-hydrogen) atoms. The highest BCUT2D eigenvalue weighted by molar-refractivity contribution is 6.43. The van der Waals surface area contributed by atoms with Gasteiger partial charge in [0.25, 0.3) is 0 Å². The Labute approximate surface area is 123 Å². The van der Waals surface area contributed by atoms with Gasteiger partial charge in [-0.05, 0) is 31.9 Å². The molecule has 3 nitrogen and oxygen atoms in total. The van der Waals surface area contributed by atoms with Crippen LogP contribution in [0.5, 0.6) is 0 Å². The van der Waals surface area contributed by atoms with Crippen molar-refractivity contribution in [2.24, 2.45) is 0 Å². The Hall–Kier alpha value is -0.930. The maximum atomic E-state index is 12.0. The summed E-state index contributed by atoms with van der Waals surface area (Å²) in [7, 11) is 0. The summed E-state index contributed by atoms with van der Waals surface area (Å²) in [4.78, 5) is 12.0. The molecule has 0 radical (unpaired) electrons. The van der Waals surface area contributed by atoms with Crippen LogP contribution in [0.25, 0.3) is 0 Å². The molecule has 1 amide bonds. The Balaban J connectivity index is 1.94. The number of benzene rings is 1. The van der Waals surface area contributed by atoms with Crippen LogP contribution < -0.4 is 10.6 Å². The van der Waals surface area contributed by atoms with Gasteiger partial charge in [0.15, 0.2) is 0 Å². The lowest BCUT2D eigenvalue weighted by molar-refractivity contribution is -0.122. The molecule has 0 heterocycles. The first-order valence-electron chi connectivity index (χ1n) is 6.59. The number of carbonyl (C=O) groups is 1. The molecule has 1 saturated carbocycles. The first-order valence-corrected chi connectivity index (χ1v) is 7.34. The second-order valence-corrected chi connectivity index (χ2v) is 5.74. The van der Waals surface area contributed by atoms with Crippen molar-refractivity contribution in [3.63, 3.8) is 0 Å². The molecule has 1 aromatic rings. The first kappa shape index (κ1) is 14.5. The van der Waals surface area contributed by atoms with E-state index < -0.39 is 0 Å². The molecule has 0 aliphatic heterocycles. The highest BCUT2D eigenvalue weighted by Gasteiger charge is 2.21. The van der Waals surface area contributed by atoms with Gasteiger partial charge in [-0.2, -0.15) is 0 Å². The van der Waals surface area contributed by atoms with E-state index >= 15 is 0 Å². The molecule has 0 spiro atoms. The number of rotatable bonds is 4. The topological polar surface area (TPSA) is 41.1 Å². The Bertz CT molecular complexity index is 459. The number of amides is 1. The quantitative estimate of drug-likeness (QED) is 0.887. The number of hydrogen-bond donors (Lipinski definition) is 2. The molecular formula is C14H18Cl2N2O. The molecule has 1 aliphatic rings. The van der Waals surface area contributed by atoms with E-state index in [1.807, 2.05) is 13.0 Å². The minimum atomic E-state index is -0.337. The van der Waals surface area contributed by atoms with Gasteiger partial charge in [-0.15, -0.1) is 0 Å². The Morgan fingerprint density at radius 3 is 2.68 bits per heavy atom. The summed E-state index contributed by atoms with van der Waals surface area (Å²) in [6.45, 7) is 1.82. The smallest absolute Gasteiger partial charge is 0.242 e. The van der Waals surface area contributed by atoms with E-state index in [0.717, 1.165) is 12.8 Å². The van der Waals surface area contributed by atoms with Crippen LogP contribution in [0.1, 0.15) is 32.6 Å². The summed E-state index contributed by atoms with van der Waals surface area (Å²) >= 11 is 12.0. The molecule has 0 aromatic heterocycles. The van der Waals surface area contributed by atoms with Crippen molar-refractivity contribution < 1.29 is 4.79 Å². The van der Waals surface area contributed by atoms with Crippen molar-refractivity contribution in [3.05, 3.63) is 28.2 Å². The lowest BCUT2D eigenvalue weighted by atomic mass is 10.2. The van der Waals surface area contributed by atoms with Gasteiger partial charge in [0.05, 0.1) is 15.7 Å². The van der Waals surface area contributed by atoms with Crippen LogP contribution in [-0.2, 0) is 4.79 Å². The van der Waals surface area contributed by atoms with E-state index in [2.05, 4.69) is 10.6 Å². The fourth-order valence-electron chi connectivity index (χ4n) is 2.31. The van der Waals surface area contributed by atoms with Crippen molar-refractivity contribution in [2.75, 3.05) is 5.32 Å². The average molecular weight is 301 g/mol. The molecule has 104 valence electrons. The van der Waals surface area contributed by atoms with Crippen LogP contribution in [0.2, 0.25) is 10.0 Å². The average Bonchev–Trinajstić information content (AvgIpc) is 2.87. The van der Waals surface area contributed by atoms with Crippen molar-refractivity contribution in [1.82, 2.24) is 5.32 Å². The van der Waals surface area contributed by atoms with Crippen LogP contribution in [0, 0.1) is 0 Å². The molecule has 1 aromatic carbocycles. The summed E-state index contributed by atoms with van der Waals surface area (Å²) in [5.41, 5.74) is 0.684. The van der Waals surface area contributed by atoms with Crippen LogP contribution in [0.3, 0.4) is 0 Å². The Kier molecular flexibility index (Phi) is 4.94. The van der Waals surface area contributed by atoms with Crippen molar-refractivity contribution >= 4 is 34.8 Å². The van der Waals surface area contributed by atoms with Crippen LogP contribution in [0.15, 0.2) is 18.2 Å². The van der Waals surface area contributed by atoms with Crippen molar-refractivity contribution in [1.29, 1.82) is 0 Å². The number of nitrogens with one attached hydrogen (secondary N) is 2. The minimum absolute atomic E-state index is 0.00272. The summed E-state index contributed by atoms with van der Waals surface area (Å²) < 4.78 is 0. The van der Waals surface area contributed by atoms with Gasteiger partial charge in [0.1, 0.15) is 6.04 Å². The number of anilines is 1. The molecular weight excluding hydrogens is 283 g/mol. The van der Waals surface area contributed by atoms with E-state index in [-0.39, 0.29) is 11.9 Å². The van der Waals surface area contributed by atoms with E-state index in [0.29, 0.717) is 21.8 Å². The lowest BCUT2D eigenvalue weighted by Gasteiger charge is -2.19. The lowest BCUT2D eigenvalue weighted by Crippen LogP contribution is -2.42. The SMILES string of the molecule is CC(Nc1cccc(Cl)c1Cl)C(=O)NC1CCCC1. The minimum Gasteiger partial charge on any atom is -0.373 e. The second-order valence-electron chi connectivity index (χ2n) is 4.96. The fourth-order valence-corrected chi connectivity index (χ4v) is 2.67. The normalized spacial score (nSPS) is 17.2. The molecule has 1 unspecified atom stereocenters. The third kappa shape index (κ3) is 3.77. The summed E-state index contributed by atoms with van der Waals surface area (Å²) in [5, 5.41) is 7.08. The second kappa shape index (κ2) is 6.49. The van der Waals surface area contributed by atoms with Crippen molar-refractivity contribution in [3.8, 4) is 0 Å². The molecule has 1 aliphatic carbocycles. The third-order valence-corrected chi connectivity index (χ3v) is 4.24. The van der Waals surface area contributed by atoms with Crippen molar-refractivity contribution in [2.45, 2.75) is 44.7 Å². The highest BCUT2D eigenvalue weighted by atomic mass is 35.5. The van der Waals surface area contributed by atoms with Gasteiger partial charge in [-0.1, -0.05) is 42.1 Å². The molecule has 0 bridgehead atoms. The van der Waals surface area contributed by atoms with Gasteiger partial charge >= 0.3 is 0 Å². The summed E-state index contributed by atoms with van der Waals surface area (Å²) in [6, 6.07) is 5.33. The van der Waals surface area contributed by atoms with Crippen LogP contribution in [-0.4, -0.2) is 18.0 Å². The number of halogens is 2. The predicted molar refractivity (Wildman–Crippen MR) is 79.9 cm³/mol. The number of carbonyl (C=O) groups excluding carboxylic acids is 1. The van der Waals surface area contributed by atoms with E-state index in [9.17, 15) is 4.79 Å². The molecule has 1 atom stereocenters. The molecule has 2 N–H and O–H groups in total. The maximum Gasteiger partial charge on any atom is 0.242 e. The Morgan fingerprint density at radius 2 is 2.00 bits per heavy atom. The predicted octanol–water partition coefficient (Wildman–Crippen LogP) is 3.85. The molecule has 5 heteroatoms. The zero-order valence-corrected chi connectivity index (χ0v) is 12.4. The van der Waals surface area contributed by atoms with E-state index in [1.54, 1.807) is 12.1 Å². The highest BCUT2D eigenvalue weighted by Crippen LogP contribution is 2.30. The van der Waals surface area contributed by atoms with Crippen LogP contribution >= 0.6 is 23.2 Å². The largest absolute Gasteiger partial charge is 0.373 e. The van der Waals surface area contributed by atoms with Gasteiger partial charge in [-0.25, -0.2) is 0 Å². The van der Waals surface area contributed by atoms with Crippen LogP contribution in [0.4, 0.5) is 5.69 Å². The number of hydrogen-bond acceptors (Lipinski definition) is 2. The monoisotopic (exact) mass is 300 g/mol. The third-order valence-electron chi connectivity index (χ3n) is 3.42. The van der Waals surface area contributed by atoms with E-state index in [1.165, 1.54) is 12.8 Å². The van der Waals surface area contributed by atoms with E-state index in [4.69, 9.17) is 23.2 Å². The standard InChI is InChI=1S/C14H18Cl2N2O/c1-9(14(19)18-10-5-2-3-6-10)17-12-8-4-7-11(15)13(12)16/h4,7-10,17H,2-3,5-6H2,1H3,(H,18,19). The van der Waals surface area contributed by atoms with Gasteiger partial charge in [0.2, 0.25) is 5.91 Å². The molecule has 2 rings (SSSR count). The summed E-state index contributed by atoms with van der Waals surface area (Å²) in [5.74, 6) is 0.00272. The maximum absolute atomic E-state index is 12.0. The zero-order chi connectivity index (χ0) is 13.8. The van der Waals surface area contributed by atoms with Gasteiger partial charge in [0, 0.05) is 6.04 Å². The summed E-state index contributed by atoms with van der Waals surface area (Å²) in [6.07, 6.45) is 4.56. The van der Waals surface area contributed by atoms with Gasteiger partial charge < -0.3 is 10.6 Å². The van der Waals surface area contributed by atoms with Gasteiger partial charge in [-0.3, -0.25) is 4.79 Å².